The lowest BCUT2D eigenvalue weighted by molar-refractivity contribution is 0.0955. The van der Waals surface area contributed by atoms with E-state index in [0.717, 1.165) is 44.9 Å². The largest absolute Gasteiger partial charge is 0.496 e. The molecule has 0 saturated carbocycles. The van der Waals surface area contributed by atoms with E-state index >= 15 is 0 Å². The molecule has 1 heterocycles. The third-order valence-electron chi connectivity index (χ3n) is 5.98. The van der Waals surface area contributed by atoms with Crippen LogP contribution in [-0.4, -0.2) is 35.9 Å². The Labute approximate surface area is 230 Å². The zero-order chi connectivity index (χ0) is 26.2. The van der Waals surface area contributed by atoms with Crippen molar-refractivity contribution < 1.29 is 14.3 Å². The van der Waals surface area contributed by atoms with E-state index in [1.807, 2.05) is 36.4 Å². The number of aliphatic imine (C=N–C) groups is 1. The third kappa shape index (κ3) is 6.57. The van der Waals surface area contributed by atoms with E-state index in [4.69, 9.17) is 9.47 Å². The van der Waals surface area contributed by atoms with Crippen molar-refractivity contribution in [2.24, 2.45) is 10.1 Å². The maximum atomic E-state index is 12.6. The van der Waals surface area contributed by atoms with E-state index in [2.05, 4.69) is 39.8 Å². The summed E-state index contributed by atoms with van der Waals surface area (Å²) in [6, 6.07) is 27.3. The molecule has 1 aliphatic heterocycles. The first kappa shape index (κ1) is 25.9. The van der Waals surface area contributed by atoms with E-state index in [9.17, 15) is 4.79 Å². The second kappa shape index (κ2) is 12.7. The lowest BCUT2D eigenvalue weighted by Gasteiger charge is -2.10. The number of amides is 1. The first-order chi connectivity index (χ1) is 18.7. The van der Waals surface area contributed by atoms with Gasteiger partial charge in [-0.15, -0.1) is 0 Å². The van der Waals surface area contributed by atoms with Crippen molar-refractivity contribution in [3.8, 4) is 11.5 Å². The summed E-state index contributed by atoms with van der Waals surface area (Å²) in [5.74, 6) is 3.04. The van der Waals surface area contributed by atoms with Crippen LogP contribution in [0, 0.1) is 0 Å². The van der Waals surface area contributed by atoms with E-state index in [1.165, 1.54) is 10.8 Å². The summed E-state index contributed by atoms with van der Waals surface area (Å²) in [4.78, 5) is 17.1. The summed E-state index contributed by atoms with van der Waals surface area (Å²) < 4.78 is 12.6. The van der Waals surface area contributed by atoms with Crippen molar-refractivity contribution in [1.29, 1.82) is 0 Å². The lowest BCUT2D eigenvalue weighted by atomic mass is 10.1. The number of hydrazone groups is 1. The number of nitrogens with one attached hydrogen (secondary N) is 1. The molecule has 0 unspecified atom stereocenters. The fourth-order valence-corrected chi connectivity index (χ4v) is 6.03. The predicted molar refractivity (Wildman–Crippen MR) is 159 cm³/mol. The van der Waals surface area contributed by atoms with Gasteiger partial charge in [-0.3, -0.25) is 9.79 Å². The molecular formula is C30H27N3O3S2. The van der Waals surface area contributed by atoms with Gasteiger partial charge in [-0.1, -0.05) is 66.0 Å². The third-order valence-corrected chi connectivity index (χ3v) is 8.29. The van der Waals surface area contributed by atoms with E-state index in [0.29, 0.717) is 17.9 Å². The van der Waals surface area contributed by atoms with Crippen LogP contribution in [0.2, 0.25) is 0 Å². The molecule has 0 aromatic heterocycles. The van der Waals surface area contributed by atoms with Crippen molar-refractivity contribution in [2.45, 2.75) is 12.4 Å². The number of fused-ring (bicyclic) bond motifs is 1. The Kier molecular flexibility index (Phi) is 8.63. The predicted octanol–water partition coefficient (Wildman–Crippen LogP) is 6.53. The van der Waals surface area contributed by atoms with Crippen molar-refractivity contribution in [3.05, 3.63) is 107 Å². The summed E-state index contributed by atoms with van der Waals surface area (Å²) in [5, 5.41) is 6.51. The van der Waals surface area contributed by atoms with Crippen LogP contribution >= 0.6 is 23.5 Å². The molecule has 6 nitrogen and oxygen atoms in total. The molecule has 4 aromatic carbocycles. The van der Waals surface area contributed by atoms with Gasteiger partial charge in [0.1, 0.15) is 22.5 Å². The summed E-state index contributed by atoms with van der Waals surface area (Å²) in [7, 11) is 1.67. The maximum absolute atomic E-state index is 12.6. The van der Waals surface area contributed by atoms with E-state index < -0.39 is 0 Å². The highest BCUT2D eigenvalue weighted by Gasteiger charge is 2.11. The Bertz CT molecular complexity index is 1480. The normalized spacial score (nSPS) is 13.0. The average molecular weight is 542 g/mol. The summed E-state index contributed by atoms with van der Waals surface area (Å²) >= 11 is 3.50. The summed E-state index contributed by atoms with van der Waals surface area (Å²) in [6.45, 7) is 1.34. The minimum atomic E-state index is -0.289. The first-order valence-corrected chi connectivity index (χ1v) is 14.2. The van der Waals surface area contributed by atoms with Gasteiger partial charge in [0.25, 0.3) is 5.91 Å². The molecule has 1 aliphatic rings. The van der Waals surface area contributed by atoms with Gasteiger partial charge >= 0.3 is 0 Å². The van der Waals surface area contributed by atoms with Gasteiger partial charge < -0.3 is 9.47 Å². The van der Waals surface area contributed by atoms with Gasteiger partial charge in [0.05, 0.1) is 19.9 Å². The fraction of sp³-hybridized carbons (Fsp3) is 0.167. The number of carbonyl (C=O) groups is 1. The Morgan fingerprint density at radius 2 is 1.89 bits per heavy atom. The van der Waals surface area contributed by atoms with Crippen LogP contribution in [0.4, 0.5) is 0 Å². The molecule has 192 valence electrons. The number of methoxy groups -OCH3 is 1. The number of nitrogens with zero attached hydrogens (tertiary/aromatic N) is 2. The highest BCUT2D eigenvalue weighted by molar-refractivity contribution is 8.38. The molecule has 8 heteroatoms. The topological polar surface area (TPSA) is 72.3 Å². The SMILES string of the molecule is COc1ccc(C=NNC(=O)c2ccc(OCc3cccc4ccccc34)cc2)cc1CSC1=NCCS1. The lowest BCUT2D eigenvalue weighted by Crippen LogP contribution is -2.17. The van der Waals surface area contributed by atoms with Gasteiger partial charge in [-0.2, -0.15) is 5.10 Å². The molecule has 5 rings (SSSR count). The number of ether oxygens (including phenoxy) is 2. The summed E-state index contributed by atoms with van der Waals surface area (Å²) in [5.41, 5.74) is 6.15. The molecule has 0 atom stereocenters. The number of hydrogen-bond acceptors (Lipinski definition) is 7. The Hall–Kier alpha value is -3.75. The van der Waals surface area contributed by atoms with Crippen LogP contribution in [0.15, 0.2) is 95.0 Å². The zero-order valence-electron chi connectivity index (χ0n) is 20.9. The second-order valence-electron chi connectivity index (χ2n) is 8.51. The zero-order valence-corrected chi connectivity index (χ0v) is 22.6. The van der Waals surface area contributed by atoms with E-state index in [-0.39, 0.29) is 5.91 Å². The van der Waals surface area contributed by atoms with Crippen molar-refractivity contribution in [2.75, 3.05) is 19.4 Å². The molecular weight excluding hydrogens is 514 g/mol. The Morgan fingerprint density at radius 3 is 2.71 bits per heavy atom. The van der Waals surface area contributed by atoms with Crippen LogP contribution in [0.25, 0.3) is 10.8 Å². The Morgan fingerprint density at radius 1 is 1.05 bits per heavy atom. The molecule has 38 heavy (non-hydrogen) atoms. The highest BCUT2D eigenvalue weighted by atomic mass is 32.2. The molecule has 0 radical (unpaired) electrons. The molecule has 1 N–H and O–H groups in total. The summed E-state index contributed by atoms with van der Waals surface area (Å²) in [6.07, 6.45) is 1.63. The molecule has 1 amide bonds. The minimum absolute atomic E-state index is 0.289. The number of carbonyl (C=O) groups excluding carboxylic acids is 1. The molecule has 4 aromatic rings. The maximum Gasteiger partial charge on any atom is 0.271 e. The quantitative estimate of drug-likeness (QED) is 0.193. The molecule has 0 aliphatic carbocycles. The number of hydrogen-bond donors (Lipinski definition) is 1. The standard InChI is InChI=1S/C30H27N3O3S2/c1-35-28-14-9-21(17-25(28)20-38-30-31-15-16-37-30)18-32-33-29(34)23-10-12-26(13-11-23)36-19-24-7-4-6-22-5-2-3-8-27(22)24/h2-14,17-18H,15-16,19-20H2,1H3,(H,33,34). The van der Waals surface area contributed by atoms with Crippen molar-refractivity contribution in [3.63, 3.8) is 0 Å². The average Bonchev–Trinajstić information content (AvgIpc) is 3.49. The second-order valence-corrected chi connectivity index (χ2v) is 10.8. The number of rotatable bonds is 9. The van der Waals surface area contributed by atoms with Gasteiger partial charge in [-0.05, 0) is 64.4 Å². The number of benzene rings is 4. The minimum Gasteiger partial charge on any atom is -0.496 e. The molecule has 0 bridgehead atoms. The van der Waals surface area contributed by atoms with Crippen LogP contribution in [-0.2, 0) is 12.4 Å². The van der Waals surface area contributed by atoms with Gasteiger partial charge in [0.2, 0.25) is 0 Å². The molecule has 0 fully saturated rings. The Balaban J connectivity index is 1.16. The molecule has 0 saturated heterocycles. The van der Waals surface area contributed by atoms with Crippen LogP contribution < -0.4 is 14.9 Å². The first-order valence-electron chi connectivity index (χ1n) is 12.2. The van der Waals surface area contributed by atoms with Gasteiger partial charge in [0, 0.05) is 22.6 Å². The van der Waals surface area contributed by atoms with Crippen LogP contribution in [0.5, 0.6) is 11.5 Å². The van der Waals surface area contributed by atoms with Crippen LogP contribution in [0.1, 0.15) is 27.0 Å². The van der Waals surface area contributed by atoms with E-state index in [1.54, 1.807) is 61.1 Å². The van der Waals surface area contributed by atoms with Crippen molar-refractivity contribution in [1.82, 2.24) is 5.43 Å². The fourth-order valence-electron chi connectivity index (χ4n) is 4.05. The smallest absolute Gasteiger partial charge is 0.271 e. The van der Waals surface area contributed by atoms with Crippen LogP contribution in [0.3, 0.4) is 0 Å². The van der Waals surface area contributed by atoms with Gasteiger partial charge in [-0.25, -0.2) is 5.43 Å². The monoisotopic (exact) mass is 541 g/mol. The molecule has 0 spiro atoms. The van der Waals surface area contributed by atoms with Gasteiger partial charge in [0.15, 0.2) is 0 Å². The number of thioether (sulfide) groups is 2. The van der Waals surface area contributed by atoms with Crippen molar-refractivity contribution >= 4 is 50.8 Å². The highest BCUT2D eigenvalue weighted by Crippen LogP contribution is 2.29.